The van der Waals surface area contributed by atoms with E-state index in [0.29, 0.717) is 6.54 Å². The average molecular weight is 207 g/mol. The molecule has 1 atom stereocenters. The molecule has 1 aromatic rings. The van der Waals surface area contributed by atoms with Crippen molar-refractivity contribution in [3.05, 3.63) is 35.9 Å². The quantitative estimate of drug-likeness (QED) is 0.802. The number of carboxylic acids is 1. The van der Waals surface area contributed by atoms with Crippen molar-refractivity contribution in [2.45, 2.75) is 5.25 Å². The molecule has 1 N–H and O–H groups in total. The molecule has 0 aromatic heterocycles. The maximum Gasteiger partial charge on any atom is 0.318 e. The van der Waals surface area contributed by atoms with Gasteiger partial charge in [-0.25, -0.2) is 0 Å². The topological polar surface area (TPSA) is 49.7 Å². The molecule has 0 aliphatic carbocycles. The largest absolute Gasteiger partial charge is 0.480 e. The third-order valence-electron chi connectivity index (χ3n) is 1.95. The van der Waals surface area contributed by atoms with Crippen LogP contribution in [0.1, 0.15) is 5.56 Å². The van der Waals surface area contributed by atoms with Crippen LogP contribution in [0.25, 0.3) is 0 Å². The molecular formula is C10H9NO2S. The van der Waals surface area contributed by atoms with E-state index in [1.807, 2.05) is 30.3 Å². The summed E-state index contributed by atoms with van der Waals surface area (Å²) in [7, 11) is 0. The SMILES string of the molecule is O=C(O)C1CN=C(c2ccccc2)S1. The minimum atomic E-state index is -0.787. The highest BCUT2D eigenvalue weighted by atomic mass is 32.2. The Morgan fingerprint density at radius 1 is 1.43 bits per heavy atom. The summed E-state index contributed by atoms with van der Waals surface area (Å²) in [5, 5.41) is 9.20. The Kier molecular flexibility index (Phi) is 2.54. The molecule has 4 heteroatoms. The standard InChI is InChI=1S/C10H9NO2S/c12-10(13)8-6-11-9(14-8)7-4-2-1-3-5-7/h1-5,8H,6H2,(H,12,13). The van der Waals surface area contributed by atoms with E-state index >= 15 is 0 Å². The van der Waals surface area contributed by atoms with Gasteiger partial charge in [-0.2, -0.15) is 0 Å². The summed E-state index contributed by atoms with van der Waals surface area (Å²) >= 11 is 1.32. The molecule has 1 aliphatic rings. The van der Waals surface area contributed by atoms with Crippen LogP contribution in [0.2, 0.25) is 0 Å². The van der Waals surface area contributed by atoms with Gasteiger partial charge in [-0.05, 0) is 0 Å². The molecule has 0 amide bonds. The number of carboxylic acid groups (broad SMARTS) is 1. The van der Waals surface area contributed by atoms with Crippen LogP contribution in [-0.4, -0.2) is 27.9 Å². The second-order valence-electron chi connectivity index (χ2n) is 2.96. The van der Waals surface area contributed by atoms with Crippen LogP contribution in [0, 0.1) is 0 Å². The minimum Gasteiger partial charge on any atom is -0.480 e. The Balaban J connectivity index is 2.13. The van der Waals surface area contributed by atoms with Gasteiger partial charge in [0.2, 0.25) is 0 Å². The first-order valence-corrected chi connectivity index (χ1v) is 5.14. The summed E-state index contributed by atoms with van der Waals surface area (Å²) < 4.78 is 0. The minimum absolute atomic E-state index is 0.379. The Morgan fingerprint density at radius 3 is 2.71 bits per heavy atom. The fourth-order valence-corrected chi connectivity index (χ4v) is 2.18. The number of hydrogen-bond donors (Lipinski definition) is 1. The predicted molar refractivity (Wildman–Crippen MR) is 56.9 cm³/mol. The van der Waals surface area contributed by atoms with Crippen LogP contribution in [0.15, 0.2) is 35.3 Å². The van der Waals surface area contributed by atoms with Crippen molar-refractivity contribution in [2.75, 3.05) is 6.54 Å². The summed E-state index contributed by atoms with van der Waals surface area (Å²) in [5.74, 6) is -0.787. The Bertz CT molecular complexity index is 375. The van der Waals surface area contributed by atoms with Gasteiger partial charge in [0, 0.05) is 5.56 Å². The summed E-state index contributed by atoms with van der Waals surface area (Å²) in [6, 6.07) is 9.66. The molecule has 0 bridgehead atoms. The molecule has 0 fully saturated rings. The van der Waals surface area contributed by atoms with E-state index in [0.717, 1.165) is 10.6 Å². The van der Waals surface area contributed by atoms with Crippen LogP contribution in [0.5, 0.6) is 0 Å². The molecule has 3 nitrogen and oxygen atoms in total. The van der Waals surface area contributed by atoms with Crippen molar-refractivity contribution >= 4 is 22.8 Å². The monoisotopic (exact) mass is 207 g/mol. The lowest BCUT2D eigenvalue weighted by Gasteiger charge is -2.01. The maximum atomic E-state index is 10.7. The van der Waals surface area contributed by atoms with E-state index in [1.54, 1.807) is 0 Å². The molecule has 2 rings (SSSR count). The molecule has 0 spiro atoms. The molecule has 0 saturated heterocycles. The molecule has 1 unspecified atom stereocenters. The van der Waals surface area contributed by atoms with Crippen molar-refractivity contribution in [2.24, 2.45) is 4.99 Å². The van der Waals surface area contributed by atoms with Gasteiger partial charge in [0.25, 0.3) is 0 Å². The summed E-state index contributed by atoms with van der Waals surface area (Å²) in [6.45, 7) is 0.379. The molecule has 0 radical (unpaired) electrons. The van der Waals surface area contributed by atoms with Crippen LogP contribution < -0.4 is 0 Å². The summed E-state index contributed by atoms with van der Waals surface area (Å²) in [4.78, 5) is 14.9. The van der Waals surface area contributed by atoms with Crippen molar-refractivity contribution in [1.29, 1.82) is 0 Å². The molecule has 1 aromatic carbocycles. The lowest BCUT2D eigenvalue weighted by atomic mass is 10.2. The zero-order valence-electron chi connectivity index (χ0n) is 7.38. The first-order chi connectivity index (χ1) is 6.77. The predicted octanol–water partition coefficient (Wildman–Crippen LogP) is 1.63. The van der Waals surface area contributed by atoms with Crippen LogP contribution in [0.3, 0.4) is 0 Å². The van der Waals surface area contributed by atoms with Gasteiger partial charge in [-0.3, -0.25) is 9.79 Å². The molecule has 72 valence electrons. The Morgan fingerprint density at radius 2 is 2.14 bits per heavy atom. The molecule has 0 saturated carbocycles. The number of hydrogen-bond acceptors (Lipinski definition) is 3. The van der Waals surface area contributed by atoms with E-state index in [9.17, 15) is 4.79 Å². The van der Waals surface area contributed by atoms with Crippen LogP contribution >= 0.6 is 11.8 Å². The van der Waals surface area contributed by atoms with Gasteiger partial charge < -0.3 is 5.11 Å². The number of aliphatic carboxylic acids is 1. The van der Waals surface area contributed by atoms with E-state index < -0.39 is 11.2 Å². The van der Waals surface area contributed by atoms with Crippen molar-refractivity contribution in [1.82, 2.24) is 0 Å². The van der Waals surface area contributed by atoms with Gasteiger partial charge in [0.15, 0.2) is 0 Å². The van der Waals surface area contributed by atoms with E-state index in [1.165, 1.54) is 11.8 Å². The van der Waals surface area contributed by atoms with E-state index in [-0.39, 0.29) is 0 Å². The third-order valence-corrected chi connectivity index (χ3v) is 3.17. The number of rotatable bonds is 2. The third kappa shape index (κ3) is 1.80. The maximum absolute atomic E-state index is 10.7. The second-order valence-corrected chi connectivity index (χ2v) is 4.15. The van der Waals surface area contributed by atoms with Crippen molar-refractivity contribution < 1.29 is 9.90 Å². The summed E-state index contributed by atoms with van der Waals surface area (Å²) in [6.07, 6.45) is 0. The first kappa shape index (κ1) is 9.27. The fraction of sp³-hybridized carbons (Fsp3) is 0.200. The lowest BCUT2D eigenvalue weighted by Crippen LogP contribution is -2.16. The highest BCUT2D eigenvalue weighted by Crippen LogP contribution is 2.25. The molecule has 1 heterocycles. The van der Waals surface area contributed by atoms with Crippen molar-refractivity contribution in [3.63, 3.8) is 0 Å². The van der Waals surface area contributed by atoms with Crippen LogP contribution in [-0.2, 0) is 4.79 Å². The molecule has 14 heavy (non-hydrogen) atoms. The Labute approximate surface area is 85.9 Å². The van der Waals surface area contributed by atoms with Crippen LogP contribution in [0.4, 0.5) is 0 Å². The fourth-order valence-electron chi connectivity index (χ4n) is 1.24. The van der Waals surface area contributed by atoms with Crippen molar-refractivity contribution in [3.8, 4) is 0 Å². The number of carbonyl (C=O) groups is 1. The average Bonchev–Trinajstić information content (AvgIpc) is 2.68. The first-order valence-electron chi connectivity index (χ1n) is 4.26. The van der Waals surface area contributed by atoms with Gasteiger partial charge in [0.1, 0.15) is 5.25 Å². The van der Waals surface area contributed by atoms with Gasteiger partial charge in [0.05, 0.1) is 11.6 Å². The number of thioether (sulfide) groups is 1. The highest BCUT2D eigenvalue weighted by molar-refractivity contribution is 8.15. The normalized spacial score (nSPS) is 20.6. The van der Waals surface area contributed by atoms with Gasteiger partial charge in [-0.15, -0.1) is 0 Å². The number of benzene rings is 1. The van der Waals surface area contributed by atoms with E-state index in [2.05, 4.69) is 4.99 Å². The smallest absolute Gasteiger partial charge is 0.318 e. The zero-order valence-corrected chi connectivity index (χ0v) is 8.20. The number of aliphatic imine (C=N–C) groups is 1. The van der Waals surface area contributed by atoms with Gasteiger partial charge >= 0.3 is 5.97 Å². The lowest BCUT2D eigenvalue weighted by molar-refractivity contribution is -0.136. The molecule has 1 aliphatic heterocycles. The zero-order chi connectivity index (χ0) is 9.97. The van der Waals surface area contributed by atoms with E-state index in [4.69, 9.17) is 5.11 Å². The number of nitrogens with zero attached hydrogens (tertiary/aromatic N) is 1. The van der Waals surface area contributed by atoms with Gasteiger partial charge in [-0.1, -0.05) is 42.1 Å². The summed E-state index contributed by atoms with van der Waals surface area (Å²) in [5.41, 5.74) is 1.00. The second kappa shape index (κ2) is 3.84. The highest BCUT2D eigenvalue weighted by Gasteiger charge is 2.26. The Hall–Kier alpha value is -1.29. The molecular weight excluding hydrogens is 198 g/mol.